The second kappa shape index (κ2) is 8.81. The molecule has 8 nitrogen and oxygen atoms in total. The third kappa shape index (κ3) is 4.00. The number of aromatic nitrogens is 1. The minimum absolute atomic E-state index is 0.210. The first kappa shape index (κ1) is 22.4. The molecular formula is C22H22N2O6S. The number of hydrogen-bond acceptors (Lipinski definition) is 7. The highest BCUT2D eigenvalue weighted by Crippen LogP contribution is 2.35. The fourth-order valence-electron chi connectivity index (χ4n) is 3.49. The van der Waals surface area contributed by atoms with E-state index in [1.54, 1.807) is 18.2 Å². The smallest absolute Gasteiger partial charge is 0.339 e. The average Bonchev–Trinajstić information content (AvgIpc) is 3.20. The molecule has 0 saturated carbocycles. The van der Waals surface area contributed by atoms with Gasteiger partial charge in [-0.05, 0) is 62.4 Å². The number of ether oxygens (including phenoxy) is 2. The number of carbonyl (C=O) groups excluding carboxylic acids is 4. The van der Waals surface area contributed by atoms with Crippen molar-refractivity contribution in [1.29, 1.82) is 0 Å². The van der Waals surface area contributed by atoms with Gasteiger partial charge in [-0.1, -0.05) is 12.1 Å². The quantitative estimate of drug-likeness (QED) is 0.517. The van der Waals surface area contributed by atoms with E-state index in [0.717, 1.165) is 28.0 Å². The minimum Gasteiger partial charge on any atom is -0.467 e. The third-order valence-corrected chi connectivity index (χ3v) is 5.94. The molecule has 1 saturated heterocycles. The first-order valence-corrected chi connectivity index (χ1v) is 10.2. The van der Waals surface area contributed by atoms with Crippen molar-refractivity contribution in [3.8, 4) is 5.69 Å². The normalized spacial score (nSPS) is 16.0. The summed E-state index contributed by atoms with van der Waals surface area (Å²) in [6.07, 6.45) is 1.62. The number of methoxy groups -OCH3 is 2. The van der Waals surface area contributed by atoms with Crippen LogP contribution in [0.1, 0.15) is 34.2 Å². The van der Waals surface area contributed by atoms with Crippen molar-refractivity contribution in [3.05, 3.63) is 57.8 Å². The van der Waals surface area contributed by atoms with Gasteiger partial charge in [-0.15, -0.1) is 0 Å². The zero-order chi connectivity index (χ0) is 22.9. The Morgan fingerprint density at radius 3 is 2.42 bits per heavy atom. The van der Waals surface area contributed by atoms with Crippen LogP contribution in [0.15, 0.2) is 35.2 Å². The Bertz CT molecular complexity index is 1120. The molecule has 0 spiro atoms. The van der Waals surface area contributed by atoms with E-state index in [1.165, 1.54) is 21.1 Å². The Morgan fingerprint density at radius 1 is 1.10 bits per heavy atom. The molecule has 0 unspecified atom stereocenters. The van der Waals surface area contributed by atoms with E-state index in [4.69, 9.17) is 4.74 Å². The highest BCUT2D eigenvalue weighted by Gasteiger charge is 2.41. The molecule has 2 amide bonds. The van der Waals surface area contributed by atoms with Crippen LogP contribution in [0.4, 0.5) is 4.79 Å². The number of hydrogen-bond donors (Lipinski definition) is 0. The number of benzene rings is 1. The summed E-state index contributed by atoms with van der Waals surface area (Å²) >= 11 is 0.772. The van der Waals surface area contributed by atoms with Gasteiger partial charge >= 0.3 is 11.9 Å². The number of carbonyl (C=O) groups is 4. The van der Waals surface area contributed by atoms with Crippen LogP contribution in [0, 0.1) is 13.8 Å². The van der Waals surface area contributed by atoms with Gasteiger partial charge in [-0.25, -0.2) is 9.59 Å². The van der Waals surface area contributed by atoms with Crippen LogP contribution in [-0.4, -0.2) is 52.8 Å². The number of rotatable bonds is 5. The standard InChI is InChI=1S/C22H22N2O6S/c1-12-10-15(11-18-19(25)24(22(28)31-18)14(3)20(26)29-4)13(2)23(12)17-9-7-6-8-16(17)21(27)30-5/h6-11,14H,1-5H3/b18-11+/t14-/m1/s1. The first-order chi connectivity index (χ1) is 14.7. The molecule has 2 aromatic rings. The van der Waals surface area contributed by atoms with Crippen molar-refractivity contribution in [1.82, 2.24) is 9.47 Å². The molecule has 0 N–H and O–H groups in total. The summed E-state index contributed by atoms with van der Waals surface area (Å²) < 4.78 is 11.4. The number of thioether (sulfide) groups is 1. The minimum atomic E-state index is -1.01. The lowest BCUT2D eigenvalue weighted by atomic mass is 10.1. The highest BCUT2D eigenvalue weighted by molar-refractivity contribution is 8.18. The molecule has 1 atom stereocenters. The van der Waals surface area contributed by atoms with Crippen LogP contribution >= 0.6 is 11.8 Å². The van der Waals surface area contributed by atoms with Crippen LogP contribution in [0.25, 0.3) is 11.8 Å². The SMILES string of the molecule is COC(=O)c1ccccc1-n1c(C)cc(/C=C2/SC(=O)N([C@H](C)C(=O)OC)C2=O)c1C. The fourth-order valence-corrected chi connectivity index (χ4v) is 4.39. The van der Waals surface area contributed by atoms with Crippen molar-refractivity contribution < 1.29 is 28.7 Å². The molecular weight excluding hydrogens is 420 g/mol. The van der Waals surface area contributed by atoms with Crippen LogP contribution in [0.2, 0.25) is 0 Å². The molecule has 9 heteroatoms. The molecule has 1 aromatic carbocycles. The monoisotopic (exact) mass is 442 g/mol. The number of nitrogens with zero attached hydrogens (tertiary/aromatic N) is 2. The summed E-state index contributed by atoms with van der Waals surface area (Å²) in [6, 6.07) is 7.91. The number of esters is 2. The zero-order valence-corrected chi connectivity index (χ0v) is 18.6. The van der Waals surface area contributed by atoms with E-state index in [9.17, 15) is 19.2 Å². The summed E-state index contributed by atoms with van der Waals surface area (Å²) in [7, 11) is 2.53. The topological polar surface area (TPSA) is 94.9 Å². The Labute approximate surface area is 183 Å². The Balaban J connectivity index is 2.02. The Kier molecular flexibility index (Phi) is 6.35. The second-order valence-electron chi connectivity index (χ2n) is 6.92. The fraction of sp³-hybridized carbons (Fsp3) is 0.273. The van der Waals surface area contributed by atoms with Crippen molar-refractivity contribution in [3.63, 3.8) is 0 Å². The van der Waals surface area contributed by atoms with Gasteiger partial charge in [0.2, 0.25) is 0 Å². The largest absolute Gasteiger partial charge is 0.467 e. The van der Waals surface area contributed by atoms with Crippen molar-refractivity contribution in [2.75, 3.05) is 14.2 Å². The Hall–Kier alpha value is -3.33. The van der Waals surface area contributed by atoms with E-state index in [2.05, 4.69) is 4.74 Å². The molecule has 1 aliphatic heterocycles. The van der Waals surface area contributed by atoms with Crippen LogP contribution in [-0.2, 0) is 19.1 Å². The summed E-state index contributed by atoms with van der Waals surface area (Å²) in [5, 5.41) is -0.529. The number of para-hydroxylation sites is 1. The second-order valence-corrected chi connectivity index (χ2v) is 7.91. The zero-order valence-electron chi connectivity index (χ0n) is 17.8. The molecule has 1 fully saturated rings. The molecule has 2 heterocycles. The lowest BCUT2D eigenvalue weighted by molar-refractivity contribution is -0.148. The van der Waals surface area contributed by atoms with E-state index in [0.29, 0.717) is 16.8 Å². The molecule has 0 bridgehead atoms. The lowest BCUT2D eigenvalue weighted by Crippen LogP contribution is -2.42. The third-order valence-electron chi connectivity index (χ3n) is 5.06. The van der Waals surface area contributed by atoms with Crippen molar-refractivity contribution in [2.24, 2.45) is 0 Å². The molecule has 0 radical (unpaired) electrons. The maximum Gasteiger partial charge on any atom is 0.339 e. The molecule has 0 aliphatic carbocycles. The lowest BCUT2D eigenvalue weighted by Gasteiger charge is -2.18. The van der Waals surface area contributed by atoms with Crippen molar-refractivity contribution >= 4 is 40.9 Å². The Morgan fingerprint density at radius 2 is 1.77 bits per heavy atom. The van der Waals surface area contributed by atoms with Crippen molar-refractivity contribution in [2.45, 2.75) is 26.8 Å². The van der Waals surface area contributed by atoms with Gasteiger partial charge in [-0.2, -0.15) is 0 Å². The van der Waals surface area contributed by atoms with Gasteiger partial charge in [-0.3, -0.25) is 14.5 Å². The number of aryl methyl sites for hydroxylation is 1. The molecule has 1 aliphatic rings. The summed E-state index contributed by atoms with van der Waals surface area (Å²) in [5.41, 5.74) is 3.39. The molecule has 3 rings (SSSR count). The summed E-state index contributed by atoms with van der Waals surface area (Å²) in [6.45, 7) is 5.18. The summed E-state index contributed by atoms with van der Waals surface area (Å²) in [4.78, 5) is 50.2. The van der Waals surface area contributed by atoms with Gasteiger partial charge < -0.3 is 14.0 Å². The van der Waals surface area contributed by atoms with Gasteiger partial charge in [0, 0.05) is 11.4 Å². The van der Waals surface area contributed by atoms with Gasteiger partial charge in [0.1, 0.15) is 6.04 Å². The van der Waals surface area contributed by atoms with E-state index < -0.39 is 29.1 Å². The van der Waals surface area contributed by atoms with E-state index in [1.807, 2.05) is 36.6 Å². The predicted octanol–water partition coefficient (Wildman–Crippen LogP) is 3.48. The van der Waals surface area contributed by atoms with Crippen LogP contribution in [0.3, 0.4) is 0 Å². The number of amides is 2. The number of imide groups is 1. The first-order valence-electron chi connectivity index (χ1n) is 9.42. The van der Waals surface area contributed by atoms with Crippen LogP contribution in [0.5, 0.6) is 0 Å². The highest BCUT2D eigenvalue weighted by atomic mass is 32.2. The van der Waals surface area contributed by atoms with Crippen LogP contribution < -0.4 is 0 Å². The van der Waals surface area contributed by atoms with E-state index >= 15 is 0 Å². The van der Waals surface area contributed by atoms with Gasteiger partial charge in [0.15, 0.2) is 0 Å². The van der Waals surface area contributed by atoms with E-state index in [-0.39, 0.29) is 4.91 Å². The van der Waals surface area contributed by atoms with Gasteiger partial charge in [0.25, 0.3) is 11.1 Å². The maximum atomic E-state index is 12.8. The average molecular weight is 442 g/mol. The molecule has 162 valence electrons. The summed E-state index contributed by atoms with van der Waals surface area (Å²) in [5.74, 6) is -1.67. The molecule has 31 heavy (non-hydrogen) atoms. The van der Waals surface area contributed by atoms with Gasteiger partial charge in [0.05, 0.1) is 30.4 Å². The predicted molar refractivity (Wildman–Crippen MR) is 116 cm³/mol. The maximum absolute atomic E-state index is 12.8. The molecule has 1 aromatic heterocycles.